The highest BCUT2D eigenvalue weighted by Crippen LogP contribution is 2.27. The third-order valence-electron chi connectivity index (χ3n) is 3.21. The zero-order valence-corrected chi connectivity index (χ0v) is 13.2. The van der Waals surface area contributed by atoms with E-state index in [2.05, 4.69) is 4.99 Å². The van der Waals surface area contributed by atoms with E-state index >= 15 is 0 Å². The Morgan fingerprint density at radius 3 is 2.74 bits per heavy atom. The fourth-order valence-corrected chi connectivity index (χ4v) is 2.36. The summed E-state index contributed by atoms with van der Waals surface area (Å²) in [5, 5.41) is 0.555. The molecule has 0 aromatic heterocycles. The third kappa shape index (κ3) is 3.43. The van der Waals surface area contributed by atoms with Crippen LogP contribution in [0.1, 0.15) is 18.1 Å². The van der Waals surface area contributed by atoms with Crippen molar-refractivity contribution in [2.75, 3.05) is 6.61 Å². The van der Waals surface area contributed by atoms with Gasteiger partial charge in [-0.1, -0.05) is 29.8 Å². The van der Waals surface area contributed by atoms with Crippen molar-refractivity contribution in [3.05, 3.63) is 70.4 Å². The van der Waals surface area contributed by atoms with Crippen molar-refractivity contribution in [2.24, 2.45) is 4.99 Å². The lowest BCUT2D eigenvalue weighted by molar-refractivity contribution is -0.129. The molecule has 0 bridgehead atoms. The number of halogens is 1. The number of ether oxygens (including phenoxy) is 2. The van der Waals surface area contributed by atoms with Gasteiger partial charge in [0.15, 0.2) is 5.70 Å². The molecule has 0 saturated carbocycles. The normalized spacial score (nSPS) is 15.5. The molecule has 0 aliphatic carbocycles. The number of esters is 1. The Labute approximate surface area is 139 Å². The van der Waals surface area contributed by atoms with Gasteiger partial charge in [0.1, 0.15) is 5.75 Å². The summed E-state index contributed by atoms with van der Waals surface area (Å²) < 4.78 is 10.8. The minimum absolute atomic E-state index is 0.215. The van der Waals surface area contributed by atoms with Crippen molar-refractivity contribution < 1.29 is 14.3 Å². The van der Waals surface area contributed by atoms with Gasteiger partial charge < -0.3 is 9.47 Å². The van der Waals surface area contributed by atoms with Gasteiger partial charge in [-0.25, -0.2) is 9.79 Å². The average Bonchev–Trinajstić information content (AvgIpc) is 2.92. The number of carbonyl (C=O) groups excluding carboxylic acids is 1. The molecule has 116 valence electrons. The summed E-state index contributed by atoms with van der Waals surface area (Å²) in [5.41, 5.74) is 1.65. The topological polar surface area (TPSA) is 47.9 Å². The number of aliphatic imine (C=N–C) groups is 1. The summed E-state index contributed by atoms with van der Waals surface area (Å²) in [6, 6.07) is 14.5. The smallest absolute Gasteiger partial charge is 0.363 e. The summed E-state index contributed by atoms with van der Waals surface area (Å²) in [6.45, 7) is 2.40. The van der Waals surface area contributed by atoms with Crippen molar-refractivity contribution in [1.82, 2.24) is 0 Å². The van der Waals surface area contributed by atoms with Gasteiger partial charge in [-0.05, 0) is 43.3 Å². The van der Waals surface area contributed by atoms with Crippen LogP contribution in [0.15, 0.2) is 59.2 Å². The summed E-state index contributed by atoms with van der Waals surface area (Å²) in [5.74, 6) is 0.439. The SMILES string of the molecule is CCOc1ccc(Cl)cc1C=C1N=C(c2ccccc2)OC1=O. The Bertz CT molecular complexity index is 797. The van der Waals surface area contributed by atoms with Gasteiger partial charge in [0.05, 0.1) is 6.61 Å². The standard InChI is InChI=1S/C18H14ClNO3/c1-2-22-16-9-8-14(19)10-13(16)11-15-18(21)23-17(20-15)12-6-4-3-5-7-12/h3-11H,2H2,1H3. The van der Waals surface area contributed by atoms with Gasteiger partial charge in [-0.3, -0.25) is 0 Å². The Balaban J connectivity index is 1.98. The van der Waals surface area contributed by atoms with Crippen LogP contribution in [-0.2, 0) is 9.53 Å². The van der Waals surface area contributed by atoms with E-state index in [0.717, 1.165) is 5.56 Å². The quantitative estimate of drug-likeness (QED) is 0.628. The molecule has 1 aliphatic rings. The number of carbonyl (C=O) groups is 1. The molecule has 4 nitrogen and oxygen atoms in total. The van der Waals surface area contributed by atoms with Crippen LogP contribution >= 0.6 is 11.6 Å². The van der Waals surface area contributed by atoms with Gasteiger partial charge in [-0.15, -0.1) is 0 Å². The number of hydrogen-bond acceptors (Lipinski definition) is 4. The second-order valence-electron chi connectivity index (χ2n) is 4.82. The zero-order valence-electron chi connectivity index (χ0n) is 12.5. The molecule has 0 radical (unpaired) electrons. The van der Waals surface area contributed by atoms with Crippen LogP contribution in [-0.4, -0.2) is 18.5 Å². The highest BCUT2D eigenvalue weighted by Gasteiger charge is 2.24. The highest BCUT2D eigenvalue weighted by atomic mass is 35.5. The molecule has 3 rings (SSSR count). The predicted molar refractivity (Wildman–Crippen MR) is 89.7 cm³/mol. The van der Waals surface area contributed by atoms with Crippen molar-refractivity contribution in [3.63, 3.8) is 0 Å². The molecule has 0 fully saturated rings. The lowest BCUT2D eigenvalue weighted by atomic mass is 10.1. The van der Waals surface area contributed by atoms with E-state index in [1.807, 2.05) is 37.3 Å². The first-order valence-corrected chi connectivity index (χ1v) is 7.55. The van der Waals surface area contributed by atoms with E-state index < -0.39 is 5.97 Å². The Morgan fingerprint density at radius 1 is 1.22 bits per heavy atom. The molecule has 2 aromatic carbocycles. The lowest BCUT2D eigenvalue weighted by Gasteiger charge is -2.07. The van der Waals surface area contributed by atoms with E-state index in [0.29, 0.717) is 28.8 Å². The Morgan fingerprint density at radius 2 is 2.00 bits per heavy atom. The molecular weight excluding hydrogens is 314 g/mol. The maximum Gasteiger partial charge on any atom is 0.363 e. The number of cyclic esters (lactones) is 1. The second kappa shape index (κ2) is 6.67. The molecule has 2 aromatic rings. The van der Waals surface area contributed by atoms with Crippen molar-refractivity contribution in [3.8, 4) is 5.75 Å². The predicted octanol–water partition coefficient (Wildman–Crippen LogP) is 4.08. The first-order chi connectivity index (χ1) is 11.2. The van der Waals surface area contributed by atoms with Crippen LogP contribution < -0.4 is 4.74 Å². The third-order valence-corrected chi connectivity index (χ3v) is 3.44. The van der Waals surface area contributed by atoms with Crippen LogP contribution in [0.2, 0.25) is 5.02 Å². The molecule has 0 N–H and O–H groups in total. The second-order valence-corrected chi connectivity index (χ2v) is 5.25. The summed E-state index contributed by atoms with van der Waals surface area (Å²) in [4.78, 5) is 16.3. The van der Waals surface area contributed by atoms with E-state index in [9.17, 15) is 4.79 Å². The lowest BCUT2D eigenvalue weighted by Crippen LogP contribution is -2.05. The minimum Gasteiger partial charge on any atom is -0.493 e. The molecule has 1 heterocycles. The molecule has 0 amide bonds. The molecule has 23 heavy (non-hydrogen) atoms. The monoisotopic (exact) mass is 327 g/mol. The van der Waals surface area contributed by atoms with Crippen LogP contribution in [0.3, 0.4) is 0 Å². The molecule has 0 spiro atoms. The maximum atomic E-state index is 12.0. The number of nitrogens with zero attached hydrogens (tertiary/aromatic N) is 1. The molecule has 0 saturated heterocycles. The summed E-state index contributed by atoms with van der Waals surface area (Å²) in [7, 11) is 0. The molecule has 0 atom stereocenters. The Kier molecular flexibility index (Phi) is 4.44. The fourth-order valence-electron chi connectivity index (χ4n) is 2.18. The zero-order chi connectivity index (χ0) is 16.2. The van der Waals surface area contributed by atoms with E-state index in [1.165, 1.54) is 0 Å². The first kappa shape index (κ1) is 15.3. The summed E-state index contributed by atoms with van der Waals surface area (Å²) in [6.07, 6.45) is 1.62. The van der Waals surface area contributed by atoms with Crippen molar-refractivity contribution >= 4 is 29.5 Å². The van der Waals surface area contributed by atoms with Crippen LogP contribution in [0.4, 0.5) is 0 Å². The molecule has 5 heteroatoms. The first-order valence-electron chi connectivity index (χ1n) is 7.17. The number of rotatable bonds is 4. The summed E-state index contributed by atoms with van der Waals surface area (Å²) >= 11 is 6.03. The van der Waals surface area contributed by atoms with Gasteiger partial charge in [-0.2, -0.15) is 0 Å². The van der Waals surface area contributed by atoms with E-state index in [4.69, 9.17) is 21.1 Å². The Hall–Kier alpha value is -2.59. The van der Waals surface area contributed by atoms with Gasteiger partial charge in [0.25, 0.3) is 0 Å². The molecular formula is C18H14ClNO3. The molecule has 1 aliphatic heterocycles. The van der Waals surface area contributed by atoms with Crippen LogP contribution in [0, 0.1) is 0 Å². The van der Waals surface area contributed by atoms with Gasteiger partial charge in [0.2, 0.25) is 5.90 Å². The van der Waals surface area contributed by atoms with Crippen LogP contribution in [0.5, 0.6) is 5.75 Å². The van der Waals surface area contributed by atoms with Crippen molar-refractivity contribution in [1.29, 1.82) is 0 Å². The average molecular weight is 328 g/mol. The fraction of sp³-hybridized carbons (Fsp3) is 0.111. The minimum atomic E-state index is -0.494. The largest absolute Gasteiger partial charge is 0.493 e. The maximum absolute atomic E-state index is 12.0. The van der Waals surface area contributed by atoms with Crippen LogP contribution in [0.25, 0.3) is 6.08 Å². The van der Waals surface area contributed by atoms with E-state index in [1.54, 1.807) is 24.3 Å². The van der Waals surface area contributed by atoms with E-state index in [-0.39, 0.29) is 5.70 Å². The van der Waals surface area contributed by atoms with Crippen molar-refractivity contribution in [2.45, 2.75) is 6.92 Å². The van der Waals surface area contributed by atoms with Gasteiger partial charge >= 0.3 is 5.97 Å². The molecule has 0 unspecified atom stereocenters. The number of hydrogen-bond donors (Lipinski definition) is 0. The highest BCUT2D eigenvalue weighted by molar-refractivity contribution is 6.30. The number of benzene rings is 2. The van der Waals surface area contributed by atoms with Gasteiger partial charge in [0, 0.05) is 16.1 Å².